The van der Waals surface area contributed by atoms with Gasteiger partial charge < -0.3 is 10.4 Å². The van der Waals surface area contributed by atoms with Crippen molar-refractivity contribution in [2.75, 3.05) is 5.32 Å². The van der Waals surface area contributed by atoms with Gasteiger partial charge in [-0.15, -0.1) is 0 Å². The number of amides is 1. The van der Waals surface area contributed by atoms with Crippen LogP contribution in [0.15, 0.2) is 35.3 Å². The molecule has 0 unspecified atom stereocenters. The lowest BCUT2D eigenvalue weighted by molar-refractivity contribution is -0.116. The Morgan fingerprint density at radius 2 is 2.20 bits per heavy atom. The van der Waals surface area contributed by atoms with Gasteiger partial charge in [0.1, 0.15) is 12.7 Å². The molecule has 0 fully saturated rings. The van der Waals surface area contributed by atoms with Gasteiger partial charge in [-0.3, -0.25) is 9.48 Å². The number of carboxylic acids is 1. The van der Waals surface area contributed by atoms with Crippen molar-refractivity contribution in [3.05, 3.63) is 40.9 Å². The number of carbonyl (C=O) groups is 2. The van der Waals surface area contributed by atoms with Crippen LogP contribution in [0.4, 0.5) is 5.69 Å². The van der Waals surface area contributed by atoms with Crippen molar-refractivity contribution in [2.24, 2.45) is 0 Å². The molecule has 8 heteroatoms. The summed E-state index contributed by atoms with van der Waals surface area (Å²) in [5, 5.41) is 15.5. The first-order chi connectivity index (χ1) is 9.56. The maximum atomic E-state index is 11.7. The lowest BCUT2D eigenvalue weighted by atomic mass is 10.2. The summed E-state index contributed by atoms with van der Waals surface area (Å²) in [5.74, 6) is -1.28. The van der Waals surface area contributed by atoms with Gasteiger partial charge in [-0.25, -0.2) is 9.78 Å². The second-order valence-electron chi connectivity index (χ2n) is 3.96. The summed E-state index contributed by atoms with van der Waals surface area (Å²) < 4.78 is 2.01. The smallest absolute Gasteiger partial charge is 0.336 e. The third kappa shape index (κ3) is 3.64. The molecular formula is C12H11BrN4O3. The van der Waals surface area contributed by atoms with Crippen LogP contribution < -0.4 is 5.32 Å². The first kappa shape index (κ1) is 14.2. The predicted octanol–water partition coefficient (Wildman–Crippen LogP) is 1.77. The van der Waals surface area contributed by atoms with E-state index in [1.54, 1.807) is 16.8 Å². The number of nitrogens with one attached hydrogen (secondary N) is 1. The second kappa shape index (κ2) is 6.29. The molecule has 0 radical (unpaired) electrons. The SMILES string of the molecule is O=C(CCn1cncn1)Nc1ccc(Br)c(C(=O)O)c1. The number of aryl methyl sites for hydroxylation is 1. The molecule has 1 heterocycles. The van der Waals surface area contributed by atoms with Crippen molar-refractivity contribution in [3.63, 3.8) is 0 Å². The Balaban J connectivity index is 1.97. The molecule has 2 aromatic rings. The lowest BCUT2D eigenvalue weighted by Crippen LogP contribution is -2.15. The molecule has 104 valence electrons. The third-order valence-electron chi connectivity index (χ3n) is 2.52. The zero-order valence-electron chi connectivity index (χ0n) is 10.3. The highest BCUT2D eigenvalue weighted by atomic mass is 79.9. The fraction of sp³-hybridized carbons (Fsp3) is 0.167. The van der Waals surface area contributed by atoms with Gasteiger partial charge >= 0.3 is 5.97 Å². The van der Waals surface area contributed by atoms with Crippen molar-refractivity contribution in [2.45, 2.75) is 13.0 Å². The van der Waals surface area contributed by atoms with Gasteiger partial charge in [0.25, 0.3) is 0 Å². The van der Waals surface area contributed by atoms with E-state index < -0.39 is 5.97 Å². The zero-order chi connectivity index (χ0) is 14.5. The van der Waals surface area contributed by atoms with E-state index in [1.165, 1.54) is 18.7 Å². The standard InChI is InChI=1S/C12H11BrN4O3/c13-10-2-1-8(5-9(10)12(19)20)16-11(18)3-4-17-7-14-6-15-17/h1-2,5-7H,3-4H2,(H,16,18)(H,19,20). The highest BCUT2D eigenvalue weighted by molar-refractivity contribution is 9.10. The van der Waals surface area contributed by atoms with Gasteiger partial charge in [0.15, 0.2) is 0 Å². The largest absolute Gasteiger partial charge is 0.478 e. The number of carbonyl (C=O) groups excluding carboxylic acids is 1. The van der Waals surface area contributed by atoms with Crippen LogP contribution in [0.2, 0.25) is 0 Å². The van der Waals surface area contributed by atoms with E-state index in [9.17, 15) is 9.59 Å². The first-order valence-electron chi connectivity index (χ1n) is 5.71. The Bertz CT molecular complexity index is 628. The van der Waals surface area contributed by atoms with E-state index in [4.69, 9.17) is 5.11 Å². The number of benzene rings is 1. The monoisotopic (exact) mass is 338 g/mol. The van der Waals surface area contributed by atoms with Gasteiger partial charge in [0, 0.05) is 16.6 Å². The fourth-order valence-corrected chi connectivity index (χ4v) is 1.97. The minimum Gasteiger partial charge on any atom is -0.478 e. The van der Waals surface area contributed by atoms with Crippen LogP contribution in [0.3, 0.4) is 0 Å². The molecule has 0 saturated carbocycles. The van der Waals surface area contributed by atoms with Crippen LogP contribution >= 0.6 is 15.9 Å². The summed E-state index contributed by atoms with van der Waals surface area (Å²) >= 11 is 3.14. The van der Waals surface area contributed by atoms with E-state index in [2.05, 4.69) is 31.3 Å². The van der Waals surface area contributed by atoms with Gasteiger partial charge in [-0.05, 0) is 34.1 Å². The van der Waals surface area contributed by atoms with Gasteiger partial charge in [-0.2, -0.15) is 5.10 Å². The highest BCUT2D eigenvalue weighted by Crippen LogP contribution is 2.21. The number of carboxylic acid groups (broad SMARTS) is 1. The zero-order valence-corrected chi connectivity index (χ0v) is 11.9. The van der Waals surface area contributed by atoms with Gasteiger partial charge in [0.05, 0.1) is 12.1 Å². The topological polar surface area (TPSA) is 97.1 Å². The molecule has 0 aliphatic rings. The predicted molar refractivity (Wildman–Crippen MR) is 74.4 cm³/mol. The Morgan fingerprint density at radius 3 is 2.85 bits per heavy atom. The number of aromatic carboxylic acids is 1. The van der Waals surface area contributed by atoms with E-state index in [0.29, 0.717) is 16.7 Å². The number of rotatable bonds is 5. The summed E-state index contributed by atoms with van der Waals surface area (Å²) in [7, 11) is 0. The van der Waals surface area contributed by atoms with Crippen LogP contribution in [-0.2, 0) is 11.3 Å². The molecular weight excluding hydrogens is 328 g/mol. The third-order valence-corrected chi connectivity index (χ3v) is 3.21. The van der Waals surface area contributed by atoms with Crippen molar-refractivity contribution >= 4 is 33.5 Å². The molecule has 0 aliphatic heterocycles. The van der Waals surface area contributed by atoms with E-state index in [0.717, 1.165) is 0 Å². The molecule has 2 rings (SSSR count). The number of hydrogen-bond acceptors (Lipinski definition) is 4. The summed E-state index contributed by atoms with van der Waals surface area (Å²) in [4.78, 5) is 26.5. The average molecular weight is 339 g/mol. The first-order valence-corrected chi connectivity index (χ1v) is 6.50. The number of hydrogen-bond donors (Lipinski definition) is 2. The minimum atomic E-state index is -1.06. The van der Waals surface area contributed by atoms with Crippen molar-refractivity contribution < 1.29 is 14.7 Å². The quantitative estimate of drug-likeness (QED) is 0.865. The second-order valence-corrected chi connectivity index (χ2v) is 4.81. The number of aromatic nitrogens is 3. The minimum absolute atomic E-state index is 0.0964. The Kier molecular flexibility index (Phi) is 4.46. The molecule has 2 N–H and O–H groups in total. The Hall–Kier alpha value is -2.22. The maximum absolute atomic E-state index is 11.7. The van der Waals surface area contributed by atoms with Crippen molar-refractivity contribution in [1.82, 2.24) is 14.8 Å². The van der Waals surface area contributed by atoms with E-state index >= 15 is 0 Å². The van der Waals surface area contributed by atoms with Crippen LogP contribution in [0.1, 0.15) is 16.8 Å². The maximum Gasteiger partial charge on any atom is 0.336 e. The summed E-state index contributed by atoms with van der Waals surface area (Å²) in [6.07, 6.45) is 3.14. The van der Waals surface area contributed by atoms with Crippen LogP contribution in [0.5, 0.6) is 0 Å². The number of anilines is 1. The number of halogens is 1. The molecule has 1 amide bonds. The van der Waals surface area contributed by atoms with Gasteiger partial charge in [0.2, 0.25) is 5.91 Å². The van der Waals surface area contributed by atoms with Gasteiger partial charge in [-0.1, -0.05) is 0 Å². The molecule has 7 nitrogen and oxygen atoms in total. The summed E-state index contributed by atoms with van der Waals surface area (Å²) in [5.41, 5.74) is 0.535. The van der Waals surface area contributed by atoms with E-state index in [1.807, 2.05) is 0 Å². The summed E-state index contributed by atoms with van der Waals surface area (Å²) in [6, 6.07) is 4.61. The van der Waals surface area contributed by atoms with Crippen LogP contribution in [0.25, 0.3) is 0 Å². The molecule has 1 aromatic heterocycles. The van der Waals surface area contributed by atoms with Crippen LogP contribution in [-0.4, -0.2) is 31.7 Å². The Morgan fingerprint density at radius 1 is 1.40 bits per heavy atom. The van der Waals surface area contributed by atoms with E-state index in [-0.39, 0.29) is 17.9 Å². The number of nitrogens with zero attached hydrogens (tertiary/aromatic N) is 3. The molecule has 0 bridgehead atoms. The highest BCUT2D eigenvalue weighted by Gasteiger charge is 2.10. The molecule has 0 saturated heterocycles. The molecule has 0 aliphatic carbocycles. The molecule has 0 spiro atoms. The summed E-state index contributed by atoms with van der Waals surface area (Å²) in [6.45, 7) is 0.411. The van der Waals surface area contributed by atoms with Crippen molar-refractivity contribution in [1.29, 1.82) is 0 Å². The molecule has 0 atom stereocenters. The molecule has 20 heavy (non-hydrogen) atoms. The normalized spacial score (nSPS) is 10.2. The Labute approximate surface area is 122 Å². The average Bonchev–Trinajstić information content (AvgIpc) is 2.91. The lowest BCUT2D eigenvalue weighted by Gasteiger charge is -2.07. The van der Waals surface area contributed by atoms with Crippen LogP contribution in [0, 0.1) is 0 Å². The fourth-order valence-electron chi connectivity index (χ4n) is 1.55. The molecule has 1 aromatic carbocycles. The van der Waals surface area contributed by atoms with Crippen molar-refractivity contribution in [3.8, 4) is 0 Å².